The molecular formula is C14H24N2O. The molecule has 1 rings (SSSR count). The van der Waals surface area contributed by atoms with Gasteiger partial charge in [-0.05, 0) is 36.6 Å². The van der Waals surface area contributed by atoms with Crippen molar-refractivity contribution >= 4 is 0 Å². The summed E-state index contributed by atoms with van der Waals surface area (Å²) in [6.07, 6.45) is 0. The minimum atomic E-state index is 0.0296. The van der Waals surface area contributed by atoms with Gasteiger partial charge in [-0.25, -0.2) is 0 Å². The maximum Gasteiger partial charge on any atom is 0.122 e. The zero-order valence-corrected chi connectivity index (χ0v) is 11.5. The highest BCUT2D eigenvalue weighted by Crippen LogP contribution is 2.26. The fraction of sp³-hybridized carbons (Fsp3) is 0.571. The molecule has 0 amide bonds. The van der Waals surface area contributed by atoms with E-state index in [0.717, 1.165) is 12.3 Å². The predicted molar refractivity (Wildman–Crippen MR) is 72.5 cm³/mol. The highest BCUT2D eigenvalue weighted by atomic mass is 16.5. The third-order valence-electron chi connectivity index (χ3n) is 3.14. The van der Waals surface area contributed by atoms with E-state index in [0.29, 0.717) is 6.04 Å². The van der Waals surface area contributed by atoms with Crippen LogP contribution in [0.5, 0.6) is 5.75 Å². The van der Waals surface area contributed by atoms with Crippen LogP contribution in [0.3, 0.4) is 0 Å². The molecule has 0 saturated heterocycles. The molecule has 96 valence electrons. The zero-order valence-electron chi connectivity index (χ0n) is 11.5. The van der Waals surface area contributed by atoms with Crippen LogP contribution in [0.15, 0.2) is 12.1 Å². The van der Waals surface area contributed by atoms with Crippen LogP contribution in [0, 0.1) is 13.8 Å². The number of rotatable bonds is 5. The number of nitrogens with one attached hydrogen (secondary N) is 1. The van der Waals surface area contributed by atoms with Crippen molar-refractivity contribution in [3.05, 3.63) is 28.8 Å². The number of nitrogens with two attached hydrogens (primary N) is 1. The highest BCUT2D eigenvalue weighted by molar-refractivity contribution is 5.44. The van der Waals surface area contributed by atoms with Crippen molar-refractivity contribution in [3.63, 3.8) is 0 Å². The van der Waals surface area contributed by atoms with E-state index in [1.165, 1.54) is 16.7 Å². The van der Waals surface area contributed by atoms with Crippen molar-refractivity contribution in [2.24, 2.45) is 5.73 Å². The molecule has 0 fully saturated rings. The lowest BCUT2D eigenvalue weighted by molar-refractivity contribution is 0.410. The average molecular weight is 236 g/mol. The lowest BCUT2D eigenvalue weighted by Gasteiger charge is -2.19. The molecule has 0 aliphatic rings. The lowest BCUT2D eigenvalue weighted by Crippen LogP contribution is -2.32. The molecule has 0 spiro atoms. The minimum absolute atomic E-state index is 0.0296. The predicted octanol–water partition coefficient (Wildman–Crippen LogP) is 2.31. The monoisotopic (exact) mass is 236 g/mol. The van der Waals surface area contributed by atoms with E-state index in [4.69, 9.17) is 10.5 Å². The molecule has 0 bridgehead atoms. The summed E-state index contributed by atoms with van der Waals surface area (Å²) in [5, 5.41) is 3.36. The van der Waals surface area contributed by atoms with Crippen LogP contribution < -0.4 is 15.8 Å². The SMILES string of the molecule is COc1ccc(C(N)CNC(C)C)c(C)c1C. The maximum atomic E-state index is 6.20. The summed E-state index contributed by atoms with van der Waals surface area (Å²) in [4.78, 5) is 0. The molecule has 1 aromatic rings. The molecule has 0 aromatic heterocycles. The summed E-state index contributed by atoms with van der Waals surface area (Å²) >= 11 is 0. The second-order valence-corrected chi connectivity index (χ2v) is 4.78. The Kier molecular flexibility index (Phi) is 4.97. The topological polar surface area (TPSA) is 47.3 Å². The Labute approximate surface area is 104 Å². The molecule has 1 atom stereocenters. The van der Waals surface area contributed by atoms with Gasteiger partial charge in [0, 0.05) is 18.6 Å². The van der Waals surface area contributed by atoms with Crippen LogP contribution in [-0.4, -0.2) is 19.7 Å². The molecule has 3 heteroatoms. The molecule has 0 heterocycles. The average Bonchev–Trinajstić information content (AvgIpc) is 2.29. The third kappa shape index (κ3) is 3.45. The van der Waals surface area contributed by atoms with Crippen LogP contribution >= 0.6 is 0 Å². The van der Waals surface area contributed by atoms with Gasteiger partial charge >= 0.3 is 0 Å². The molecule has 0 radical (unpaired) electrons. The lowest BCUT2D eigenvalue weighted by atomic mass is 9.97. The van der Waals surface area contributed by atoms with E-state index in [1.54, 1.807) is 7.11 Å². The molecule has 3 N–H and O–H groups in total. The number of hydrogen-bond acceptors (Lipinski definition) is 3. The van der Waals surface area contributed by atoms with Gasteiger partial charge in [0.1, 0.15) is 5.75 Å². The fourth-order valence-corrected chi connectivity index (χ4v) is 1.91. The molecular weight excluding hydrogens is 212 g/mol. The maximum absolute atomic E-state index is 6.20. The van der Waals surface area contributed by atoms with Crippen LogP contribution in [0.25, 0.3) is 0 Å². The Morgan fingerprint density at radius 2 is 1.88 bits per heavy atom. The standard InChI is InChI=1S/C14H24N2O/c1-9(2)16-8-13(15)12-6-7-14(17-5)11(4)10(12)3/h6-7,9,13,16H,8,15H2,1-5H3. The molecule has 0 saturated carbocycles. The molecule has 0 aliphatic heterocycles. The van der Waals surface area contributed by atoms with Gasteiger partial charge in [0.25, 0.3) is 0 Å². The highest BCUT2D eigenvalue weighted by Gasteiger charge is 2.12. The summed E-state index contributed by atoms with van der Waals surface area (Å²) in [7, 11) is 1.70. The minimum Gasteiger partial charge on any atom is -0.496 e. The number of ether oxygens (including phenoxy) is 1. The van der Waals surface area contributed by atoms with Gasteiger partial charge < -0.3 is 15.8 Å². The number of methoxy groups -OCH3 is 1. The van der Waals surface area contributed by atoms with Gasteiger partial charge in [0.05, 0.1) is 7.11 Å². The first kappa shape index (κ1) is 14.0. The first-order valence-corrected chi connectivity index (χ1v) is 6.10. The normalized spacial score (nSPS) is 12.9. The van der Waals surface area contributed by atoms with Crippen LogP contribution in [-0.2, 0) is 0 Å². The van der Waals surface area contributed by atoms with E-state index in [-0.39, 0.29) is 6.04 Å². The molecule has 0 aliphatic carbocycles. The summed E-state index contributed by atoms with van der Waals surface area (Å²) < 4.78 is 5.30. The number of hydrogen-bond donors (Lipinski definition) is 2. The Bertz CT molecular complexity index is 375. The van der Waals surface area contributed by atoms with Gasteiger partial charge in [-0.1, -0.05) is 19.9 Å². The van der Waals surface area contributed by atoms with Crippen LogP contribution in [0.1, 0.15) is 36.6 Å². The van der Waals surface area contributed by atoms with Crippen LogP contribution in [0.4, 0.5) is 0 Å². The molecule has 1 unspecified atom stereocenters. The van der Waals surface area contributed by atoms with E-state index >= 15 is 0 Å². The first-order valence-electron chi connectivity index (χ1n) is 6.10. The Morgan fingerprint density at radius 1 is 1.24 bits per heavy atom. The van der Waals surface area contributed by atoms with E-state index in [9.17, 15) is 0 Å². The van der Waals surface area contributed by atoms with Crippen molar-refractivity contribution in [2.45, 2.75) is 39.8 Å². The molecule has 1 aromatic carbocycles. The van der Waals surface area contributed by atoms with E-state index in [1.807, 2.05) is 6.07 Å². The Hall–Kier alpha value is -1.06. The largest absolute Gasteiger partial charge is 0.496 e. The van der Waals surface area contributed by atoms with Gasteiger partial charge in [-0.15, -0.1) is 0 Å². The first-order chi connectivity index (χ1) is 7.97. The van der Waals surface area contributed by atoms with Crippen LogP contribution in [0.2, 0.25) is 0 Å². The molecule has 3 nitrogen and oxygen atoms in total. The number of benzene rings is 1. The summed E-state index contributed by atoms with van der Waals surface area (Å²) in [5.74, 6) is 0.926. The van der Waals surface area contributed by atoms with Crippen molar-refractivity contribution in [1.29, 1.82) is 0 Å². The smallest absolute Gasteiger partial charge is 0.122 e. The van der Waals surface area contributed by atoms with Gasteiger partial charge in [0.2, 0.25) is 0 Å². The Balaban J connectivity index is 2.87. The van der Waals surface area contributed by atoms with Crippen molar-refractivity contribution < 1.29 is 4.74 Å². The van der Waals surface area contributed by atoms with Gasteiger partial charge in [-0.2, -0.15) is 0 Å². The van der Waals surface area contributed by atoms with Crippen molar-refractivity contribution in [1.82, 2.24) is 5.32 Å². The third-order valence-corrected chi connectivity index (χ3v) is 3.14. The van der Waals surface area contributed by atoms with Gasteiger partial charge in [-0.3, -0.25) is 0 Å². The second-order valence-electron chi connectivity index (χ2n) is 4.78. The van der Waals surface area contributed by atoms with Crippen molar-refractivity contribution in [2.75, 3.05) is 13.7 Å². The molecule has 17 heavy (non-hydrogen) atoms. The fourth-order valence-electron chi connectivity index (χ4n) is 1.91. The second kappa shape index (κ2) is 6.03. The summed E-state index contributed by atoms with van der Waals surface area (Å²) in [6.45, 7) is 9.21. The zero-order chi connectivity index (χ0) is 13.0. The van der Waals surface area contributed by atoms with E-state index in [2.05, 4.69) is 39.1 Å². The Morgan fingerprint density at radius 3 is 2.41 bits per heavy atom. The van der Waals surface area contributed by atoms with Crippen molar-refractivity contribution in [3.8, 4) is 5.75 Å². The van der Waals surface area contributed by atoms with Gasteiger partial charge in [0.15, 0.2) is 0 Å². The quantitative estimate of drug-likeness (QED) is 0.824. The summed E-state index contributed by atoms with van der Waals surface area (Å²) in [6, 6.07) is 4.54. The van der Waals surface area contributed by atoms with E-state index < -0.39 is 0 Å². The summed E-state index contributed by atoms with van der Waals surface area (Å²) in [5.41, 5.74) is 9.79.